The van der Waals surface area contributed by atoms with Crippen LogP contribution in [0.15, 0.2) is 48.5 Å². The van der Waals surface area contributed by atoms with Gasteiger partial charge in [-0.25, -0.2) is 0 Å². The summed E-state index contributed by atoms with van der Waals surface area (Å²) in [7, 11) is 0. The Kier molecular flexibility index (Phi) is 5.26. The molecule has 0 aliphatic heterocycles. The van der Waals surface area contributed by atoms with Gasteiger partial charge in [-0.05, 0) is 86.5 Å². The van der Waals surface area contributed by atoms with Crippen LogP contribution in [0.2, 0.25) is 0 Å². The van der Waals surface area contributed by atoms with Crippen LogP contribution in [0.3, 0.4) is 0 Å². The fourth-order valence-electron chi connectivity index (χ4n) is 6.40. The van der Waals surface area contributed by atoms with Gasteiger partial charge < -0.3 is 14.8 Å². The normalized spacial score (nSPS) is 29.8. The van der Waals surface area contributed by atoms with Gasteiger partial charge in [0.2, 0.25) is 0 Å². The Bertz CT molecular complexity index is 797. The lowest BCUT2D eigenvalue weighted by molar-refractivity contribution is -0.0206. The van der Waals surface area contributed by atoms with Gasteiger partial charge in [-0.3, -0.25) is 0 Å². The van der Waals surface area contributed by atoms with Crippen molar-refractivity contribution in [3.05, 3.63) is 59.7 Å². The number of rotatable bonds is 8. The van der Waals surface area contributed by atoms with Crippen molar-refractivity contribution in [2.24, 2.45) is 17.8 Å². The van der Waals surface area contributed by atoms with E-state index < -0.39 is 0 Å². The van der Waals surface area contributed by atoms with Crippen molar-refractivity contribution in [1.82, 2.24) is 5.32 Å². The zero-order valence-electron chi connectivity index (χ0n) is 17.5. The minimum atomic E-state index is 0.392. The molecule has 2 aromatic carbocycles. The molecule has 154 valence electrons. The second-order valence-electron chi connectivity index (χ2n) is 9.54. The van der Waals surface area contributed by atoms with Crippen molar-refractivity contribution in [3.8, 4) is 11.5 Å². The minimum Gasteiger partial charge on any atom is -0.490 e. The number of hydrogen-bond donors (Lipinski definition) is 1. The fraction of sp³-hybridized carbons (Fsp3) is 0.538. The molecule has 4 aliphatic carbocycles. The van der Waals surface area contributed by atoms with Crippen LogP contribution in [0, 0.1) is 17.8 Å². The van der Waals surface area contributed by atoms with Gasteiger partial charge in [-0.1, -0.05) is 36.4 Å². The highest BCUT2D eigenvalue weighted by molar-refractivity contribution is 5.43. The Labute approximate surface area is 174 Å². The Morgan fingerprint density at radius 2 is 1.52 bits per heavy atom. The van der Waals surface area contributed by atoms with Crippen molar-refractivity contribution in [1.29, 1.82) is 0 Å². The second-order valence-corrected chi connectivity index (χ2v) is 9.54. The highest BCUT2D eigenvalue weighted by Crippen LogP contribution is 2.55. The van der Waals surface area contributed by atoms with E-state index in [1.165, 1.54) is 49.7 Å². The van der Waals surface area contributed by atoms with E-state index in [1.54, 1.807) is 0 Å². The van der Waals surface area contributed by atoms with Gasteiger partial charge in [0.1, 0.15) is 6.61 Å². The molecule has 0 unspecified atom stereocenters. The largest absolute Gasteiger partial charge is 0.490 e. The third kappa shape index (κ3) is 4.16. The first kappa shape index (κ1) is 19.0. The predicted octanol–water partition coefficient (Wildman–Crippen LogP) is 5.72. The highest BCUT2D eigenvalue weighted by atomic mass is 16.5. The quantitative estimate of drug-likeness (QED) is 0.624. The van der Waals surface area contributed by atoms with Crippen LogP contribution in [-0.4, -0.2) is 12.1 Å². The number of nitrogens with one attached hydrogen (secondary N) is 1. The van der Waals surface area contributed by atoms with Gasteiger partial charge in [0.05, 0.1) is 6.61 Å². The average Bonchev–Trinajstić information content (AvgIpc) is 2.72. The molecule has 0 spiro atoms. The average molecular weight is 392 g/mol. The molecule has 0 atom stereocenters. The molecule has 0 saturated heterocycles. The zero-order chi connectivity index (χ0) is 19.7. The molecular formula is C26H33NO2. The van der Waals surface area contributed by atoms with Crippen molar-refractivity contribution in [3.63, 3.8) is 0 Å². The molecule has 0 aromatic heterocycles. The van der Waals surface area contributed by atoms with E-state index in [2.05, 4.69) is 35.6 Å². The lowest BCUT2D eigenvalue weighted by Gasteiger charge is -2.57. The molecule has 0 radical (unpaired) electrons. The van der Waals surface area contributed by atoms with Crippen LogP contribution in [0.4, 0.5) is 0 Å². The fourth-order valence-corrected chi connectivity index (χ4v) is 6.40. The predicted molar refractivity (Wildman–Crippen MR) is 116 cm³/mol. The summed E-state index contributed by atoms with van der Waals surface area (Å²) in [6.07, 6.45) is 8.62. The molecule has 3 heteroatoms. The van der Waals surface area contributed by atoms with Crippen LogP contribution in [0.1, 0.15) is 56.6 Å². The van der Waals surface area contributed by atoms with Crippen LogP contribution < -0.4 is 14.8 Å². The summed E-state index contributed by atoms with van der Waals surface area (Å²) < 4.78 is 12.0. The van der Waals surface area contributed by atoms with Gasteiger partial charge in [-0.2, -0.15) is 0 Å². The lowest BCUT2D eigenvalue weighted by atomic mass is 9.53. The van der Waals surface area contributed by atoms with E-state index in [0.717, 1.165) is 35.8 Å². The first-order chi connectivity index (χ1) is 14.2. The maximum Gasteiger partial charge on any atom is 0.161 e. The Morgan fingerprint density at radius 1 is 0.828 bits per heavy atom. The molecule has 4 aliphatic rings. The topological polar surface area (TPSA) is 30.5 Å². The van der Waals surface area contributed by atoms with Crippen LogP contribution >= 0.6 is 0 Å². The first-order valence-electron chi connectivity index (χ1n) is 11.4. The number of benzene rings is 2. The molecule has 1 N–H and O–H groups in total. The van der Waals surface area contributed by atoms with E-state index in [4.69, 9.17) is 9.47 Å². The molecule has 4 saturated carbocycles. The molecule has 4 bridgehead atoms. The van der Waals surface area contributed by atoms with E-state index in [9.17, 15) is 0 Å². The Hall–Kier alpha value is -2.00. The highest BCUT2D eigenvalue weighted by Gasteiger charge is 2.50. The number of ether oxygens (including phenoxy) is 2. The van der Waals surface area contributed by atoms with E-state index in [1.807, 2.05) is 25.1 Å². The van der Waals surface area contributed by atoms with Gasteiger partial charge in [0, 0.05) is 12.1 Å². The molecule has 0 amide bonds. The van der Waals surface area contributed by atoms with Crippen molar-refractivity contribution >= 4 is 0 Å². The summed E-state index contributed by atoms with van der Waals surface area (Å²) in [5, 5.41) is 3.99. The maximum absolute atomic E-state index is 6.06. The SMILES string of the molecule is CCOc1cc(CNC23CC4CC(CC(C4)C2)C3)ccc1OCc1ccccc1. The summed E-state index contributed by atoms with van der Waals surface area (Å²) >= 11 is 0. The number of hydrogen-bond acceptors (Lipinski definition) is 3. The van der Waals surface area contributed by atoms with Gasteiger partial charge >= 0.3 is 0 Å². The zero-order valence-corrected chi connectivity index (χ0v) is 17.5. The summed E-state index contributed by atoms with van der Waals surface area (Å²) in [4.78, 5) is 0. The summed E-state index contributed by atoms with van der Waals surface area (Å²) in [5.74, 6) is 4.60. The Balaban J connectivity index is 1.25. The summed E-state index contributed by atoms with van der Waals surface area (Å²) in [6.45, 7) is 4.16. The third-order valence-electron chi connectivity index (χ3n) is 7.25. The molecule has 29 heavy (non-hydrogen) atoms. The van der Waals surface area contributed by atoms with Gasteiger partial charge in [0.25, 0.3) is 0 Å². The Morgan fingerprint density at radius 3 is 2.17 bits per heavy atom. The van der Waals surface area contributed by atoms with Crippen LogP contribution in [0.5, 0.6) is 11.5 Å². The van der Waals surface area contributed by atoms with Crippen LogP contribution in [0.25, 0.3) is 0 Å². The molecule has 6 rings (SSSR count). The monoisotopic (exact) mass is 391 g/mol. The van der Waals surface area contributed by atoms with Crippen molar-refractivity contribution < 1.29 is 9.47 Å². The van der Waals surface area contributed by atoms with Gasteiger partial charge in [-0.15, -0.1) is 0 Å². The summed E-state index contributed by atoms with van der Waals surface area (Å²) in [6, 6.07) is 16.7. The van der Waals surface area contributed by atoms with E-state index >= 15 is 0 Å². The third-order valence-corrected chi connectivity index (χ3v) is 7.25. The van der Waals surface area contributed by atoms with Crippen molar-refractivity contribution in [2.45, 2.75) is 64.1 Å². The molecule has 4 fully saturated rings. The van der Waals surface area contributed by atoms with Crippen LogP contribution in [-0.2, 0) is 13.2 Å². The van der Waals surface area contributed by atoms with E-state index in [0.29, 0.717) is 18.8 Å². The maximum atomic E-state index is 6.06. The van der Waals surface area contributed by atoms with Gasteiger partial charge in [0.15, 0.2) is 11.5 Å². The minimum absolute atomic E-state index is 0.392. The van der Waals surface area contributed by atoms with Crippen molar-refractivity contribution in [2.75, 3.05) is 6.61 Å². The molecule has 2 aromatic rings. The first-order valence-corrected chi connectivity index (χ1v) is 11.4. The molecular weight excluding hydrogens is 358 g/mol. The molecule has 3 nitrogen and oxygen atoms in total. The second kappa shape index (κ2) is 8.02. The standard InChI is InChI=1S/C26H33NO2/c1-2-28-25-13-20(8-9-24(25)29-18-19-6-4-3-5-7-19)17-27-26-14-21-10-22(15-26)12-23(11-21)16-26/h3-9,13,21-23,27H,2,10-12,14-18H2,1H3. The summed E-state index contributed by atoms with van der Waals surface area (Å²) in [5.41, 5.74) is 2.85. The smallest absolute Gasteiger partial charge is 0.161 e. The van der Waals surface area contributed by atoms with E-state index in [-0.39, 0.29) is 0 Å². The lowest BCUT2D eigenvalue weighted by Crippen LogP contribution is -2.58. The molecule has 0 heterocycles.